The van der Waals surface area contributed by atoms with Crippen molar-refractivity contribution >= 4 is 15.9 Å². The minimum atomic E-state index is 0.593. The van der Waals surface area contributed by atoms with Crippen LogP contribution in [0.15, 0.2) is 28.7 Å². The number of ether oxygens (including phenoxy) is 1. The van der Waals surface area contributed by atoms with E-state index in [1.54, 1.807) is 7.11 Å². The smallest absolute Gasteiger partial charge is 0.170 e. The summed E-state index contributed by atoms with van der Waals surface area (Å²) in [7, 11) is 1.78. The lowest BCUT2D eigenvalue weighted by Gasteiger charge is -2.23. The highest BCUT2D eigenvalue weighted by Crippen LogP contribution is 2.22. The summed E-state index contributed by atoms with van der Waals surface area (Å²) in [5.74, 6) is 1.46. The first kappa shape index (κ1) is 16.5. The summed E-state index contributed by atoms with van der Waals surface area (Å²) in [6.07, 6.45) is 3.72. The van der Waals surface area contributed by atoms with Crippen LogP contribution in [0.4, 0.5) is 0 Å². The van der Waals surface area contributed by atoms with E-state index in [1.807, 2.05) is 28.9 Å². The molecule has 3 rings (SSSR count). The third kappa shape index (κ3) is 4.16. The normalized spacial score (nSPS) is 19.7. The number of tetrazole rings is 1. The van der Waals surface area contributed by atoms with Crippen LogP contribution in [0.1, 0.15) is 25.1 Å². The molecule has 0 unspecified atom stereocenters. The number of nitrogens with zero attached hydrogens (tertiary/aromatic N) is 5. The number of methoxy groups -OCH3 is 1. The van der Waals surface area contributed by atoms with Crippen molar-refractivity contribution in [1.82, 2.24) is 25.1 Å². The van der Waals surface area contributed by atoms with E-state index < -0.39 is 0 Å². The van der Waals surface area contributed by atoms with Gasteiger partial charge < -0.3 is 4.74 Å². The van der Waals surface area contributed by atoms with Crippen LogP contribution >= 0.6 is 15.9 Å². The molecule has 1 fully saturated rings. The molecule has 6 nitrogen and oxygen atoms in total. The first-order valence-corrected chi connectivity index (χ1v) is 8.80. The first-order valence-electron chi connectivity index (χ1n) is 8.01. The van der Waals surface area contributed by atoms with Gasteiger partial charge in [0, 0.05) is 18.1 Å². The Labute approximate surface area is 144 Å². The quantitative estimate of drug-likeness (QED) is 0.799. The number of para-hydroxylation sites is 1. The topological polar surface area (TPSA) is 56.1 Å². The molecule has 1 aliphatic heterocycles. The van der Waals surface area contributed by atoms with Crippen molar-refractivity contribution in [2.24, 2.45) is 5.92 Å². The molecule has 0 bridgehead atoms. The fourth-order valence-electron chi connectivity index (χ4n) is 3.15. The average molecular weight is 380 g/mol. The van der Waals surface area contributed by atoms with Gasteiger partial charge in [-0.2, -0.15) is 4.68 Å². The number of rotatable bonds is 5. The summed E-state index contributed by atoms with van der Waals surface area (Å²) >= 11 is 3.57. The van der Waals surface area contributed by atoms with E-state index in [0.717, 1.165) is 42.2 Å². The molecule has 2 heterocycles. The van der Waals surface area contributed by atoms with Crippen molar-refractivity contribution < 1.29 is 4.74 Å². The molecule has 2 aromatic rings. The van der Waals surface area contributed by atoms with Gasteiger partial charge in [0.2, 0.25) is 0 Å². The zero-order valence-electron chi connectivity index (χ0n) is 13.4. The number of likely N-dealkylation sites (tertiary alicyclic amines) is 1. The maximum Gasteiger partial charge on any atom is 0.170 e. The van der Waals surface area contributed by atoms with Crippen molar-refractivity contribution in [3.05, 3.63) is 34.6 Å². The Balaban J connectivity index is 1.76. The third-order valence-corrected chi connectivity index (χ3v) is 4.91. The molecular weight excluding hydrogens is 358 g/mol. The van der Waals surface area contributed by atoms with E-state index in [2.05, 4.69) is 36.4 Å². The lowest BCUT2D eigenvalue weighted by atomic mass is 10.0. The Morgan fingerprint density at radius 3 is 3.00 bits per heavy atom. The van der Waals surface area contributed by atoms with Gasteiger partial charge in [0.15, 0.2) is 5.82 Å². The van der Waals surface area contributed by atoms with Gasteiger partial charge in [-0.1, -0.05) is 18.6 Å². The van der Waals surface area contributed by atoms with Crippen LogP contribution in [0, 0.1) is 5.92 Å². The Hall–Kier alpha value is -1.31. The lowest BCUT2D eigenvalue weighted by Crippen LogP contribution is -2.31. The molecule has 124 valence electrons. The zero-order chi connectivity index (χ0) is 16.1. The predicted octanol–water partition coefficient (Wildman–Crippen LogP) is 2.67. The molecule has 23 heavy (non-hydrogen) atoms. The molecule has 1 atom stereocenters. The number of aromatic nitrogens is 4. The summed E-state index contributed by atoms with van der Waals surface area (Å²) < 4.78 is 8.16. The van der Waals surface area contributed by atoms with Gasteiger partial charge in [0.05, 0.1) is 18.8 Å². The Kier molecular flexibility index (Phi) is 5.75. The maximum atomic E-state index is 5.35. The molecular formula is C16H22BrN5O. The predicted molar refractivity (Wildman–Crippen MR) is 91.3 cm³/mol. The van der Waals surface area contributed by atoms with Crippen LogP contribution in [-0.4, -0.2) is 51.9 Å². The van der Waals surface area contributed by atoms with Gasteiger partial charge in [-0.05, 0) is 63.8 Å². The van der Waals surface area contributed by atoms with Gasteiger partial charge in [-0.25, -0.2) is 0 Å². The van der Waals surface area contributed by atoms with Crippen LogP contribution in [-0.2, 0) is 11.3 Å². The van der Waals surface area contributed by atoms with E-state index >= 15 is 0 Å². The van der Waals surface area contributed by atoms with Crippen LogP contribution < -0.4 is 0 Å². The number of halogens is 1. The van der Waals surface area contributed by atoms with E-state index in [4.69, 9.17) is 4.74 Å². The Morgan fingerprint density at radius 1 is 1.30 bits per heavy atom. The molecule has 1 saturated heterocycles. The average Bonchev–Trinajstić information content (AvgIpc) is 2.88. The van der Waals surface area contributed by atoms with Gasteiger partial charge in [0.25, 0.3) is 0 Å². The molecule has 0 radical (unpaired) electrons. The number of hydrogen-bond acceptors (Lipinski definition) is 5. The van der Waals surface area contributed by atoms with Crippen LogP contribution in [0.5, 0.6) is 0 Å². The molecule has 1 aromatic carbocycles. The minimum absolute atomic E-state index is 0.593. The van der Waals surface area contributed by atoms with Crippen molar-refractivity contribution in [2.75, 3.05) is 26.8 Å². The van der Waals surface area contributed by atoms with Crippen LogP contribution in [0.2, 0.25) is 0 Å². The monoisotopic (exact) mass is 379 g/mol. The highest BCUT2D eigenvalue weighted by Gasteiger charge is 2.21. The van der Waals surface area contributed by atoms with Crippen molar-refractivity contribution in [3.63, 3.8) is 0 Å². The van der Waals surface area contributed by atoms with Crippen LogP contribution in [0.3, 0.4) is 0 Å². The molecule has 0 saturated carbocycles. The second kappa shape index (κ2) is 7.99. The fraction of sp³-hybridized carbons (Fsp3) is 0.562. The van der Waals surface area contributed by atoms with Gasteiger partial charge in [-0.3, -0.25) is 4.90 Å². The first-order chi connectivity index (χ1) is 11.3. The summed E-state index contributed by atoms with van der Waals surface area (Å²) in [6.45, 7) is 3.71. The van der Waals surface area contributed by atoms with Gasteiger partial charge >= 0.3 is 0 Å². The van der Waals surface area contributed by atoms with Crippen molar-refractivity contribution in [1.29, 1.82) is 0 Å². The number of hydrogen-bond donors (Lipinski definition) is 0. The highest BCUT2D eigenvalue weighted by atomic mass is 79.9. The lowest BCUT2D eigenvalue weighted by molar-refractivity contribution is 0.123. The van der Waals surface area contributed by atoms with E-state index in [9.17, 15) is 0 Å². The molecule has 0 N–H and O–H groups in total. The highest BCUT2D eigenvalue weighted by molar-refractivity contribution is 9.10. The summed E-state index contributed by atoms with van der Waals surface area (Å²) in [5.41, 5.74) is 0.968. The Bertz CT molecular complexity index is 632. The SMILES string of the molecule is COC[C@H]1CCCCN(Cc2nnnn2-c2ccccc2Br)C1. The molecule has 7 heteroatoms. The van der Waals surface area contributed by atoms with E-state index in [-0.39, 0.29) is 0 Å². The van der Waals surface area contributed by atoms with Crippen LogP contribution in [0.25, 0.3) is 5.69 Å². The van der Waals surface area contributed by atoms with Crippen molar-refractivity contribution in [2.45, 2.75) is 25.8 Å². The minimum Gasteiger partial charge on any atom is -0.384 e. The molecule has 0 amide bonds. The summed E-state index contributed by atoms with van der Waals surface area (Å²) in [6, 6.07) is 8.00. The van der Waals surface area contributed by atoms with Crippen molar-refractivity contribution in [3.8, 4) is 5.69 Å². The maximum absolute atomic E-state index is 5.35. The Morgan fingerprint density at radius 2 is 2.17 bits per heavy atom. The largest absolute Gasteiger partial charge is 0.384 e. The summed E-state index contributed by atoms with van der Waals surface area (Å²) in [5, 5.41) is 12.3. The van der Waals surface area contributed by atoms with E-state index in [0.29, 0.717) is 5.92 Å². The van der Waals surface area contributed by atoms with Gasteiger partial charge in [-0.15, -0.1) is 5.10 Å². The fourth-order valence-corrected chi connectivity index (χ4v) is 3.60. The standard InChI is InChI=1S/C16H22BrN5O/c1-23-12-13-6-4-5-9-21(10-13)11-16-18-19-20-22(16)15-8-3-2-7-14(15)17/h2-3,7-8,13H,4-6,9-12H2,1H3/t13-/m0/s1. The summed E-state index contributed by atoms with van der Waals surface area (Å²) in [4.78, 5) is 2.44. The van der Waals surface area contributed by atoms with E-state index in [1.165, 1.54) is 19.3 Å². The number of benzene rings is 1. The molecule has 0 spiro atoms. The second-order valence-corrected chi connectivity index (χ2v) is 6.86. The third-order valence-electron chi connectivity index (χ3n) is 4.24. The zero-order valence-corrected chi connectivity index (χ0v) is 14.9. The molecule has 1 aliphatic rings. The van der Waals surface area contributed by atoms with Gasteiger partial charge in [0.1, 0.15) is 0 Å². The second-order valence-electron chi connectivity index (χ2n) is 6.01. The molecule has 1 aromatic heterocycles. The molecule has 0 aliphatic carbocycles.